The van der Waals surface area contributed by atoms with Crippen molar-refractivity contribution in [3.05, 3.63) is 29.6 Å². The average molecular weight is 346 g/mol. The fraction of sp³-hybridized carbons (Fsp3) is 0.611. The number of aromatic nitrogens is 4. The minimum Gasteiger partial charge on any atom is -0.309 e. The Labute approximate surface area is 148 Å². The smallest absolute Gasteiger partial charge is 0.204 e. The largest absolute Gasteiger partial charge is 0.309 e. The van der Waals surface area contributed by atoms with Crippen molar-refractivity contribution in [2.24, 2.45) is 5.92 Å². The van der Waals surface area contributed by atoms with E-state index in [0.717, 1.165) is 31.1 Å². The zero-order chi connectivity index (χ0) is 17.6. The number of hydrogen-bond acceptors (Lipinski definition) is 5. The molecule has 7 heteroatoms. The van der Waals surface area contributed by atoms with Crippen molar-refractivity contribution in [1.82, 2.24) is 30.4 Å². The summed E-state index contributed by atoms with van der Waals surface area (Å²) in [6.45, 7) is 3.88. The molecule has 0 atom stereocenters. The van der Waals surface area contributed by atoms with Gasteiger partial charge in [-0.05, 0) is 88.7 Å². The molecule has 3 rings (SSSR count). The number of hydrogen-bond donors (Lipinski definition) is 1. The molecule has 136 valence electrons. The quantitative estimate of drug-likeness (QED) is 0.835. The molecule has 1 aromatic heterocycles. The van der Waals surface area contributed by atoms with Crippen molar-refractivity contribution in [2.75, 3.05) is 33.7 Å². The maximum atomic E-state index is 14.2. The number of tetrazole rings is 1. The Morgan fingerprint density at radius 1 is 1.28 bits per heavy atom. The third kappa shape index (κ3) is 5.06. The molecule has 2 heterocycles. The molecule has 0 radical (unpaired) electrons. The molecule has 1 N–H and O–H groups in total. The Balaban J connectivity index is 1.53. The van der Waals surface area contributed by atoms with Gasteiger partial charge in [-0.15, -0.1) is 10.2 Å². The highest BCUT2D eigenvalue weighted by Gasteiger charge is 2.20. The Morgan fingerprint density at radius 2 is 2.08 bits per heavy atom. The lowest BCUT2D eigenvalue weighted by Gasteiger charge is -2.32. The first kappa shape index (κ1) is 17.9. The first-order chi connectivity index (χ1) is 12.1. The van der Waals surface area contributed by atoms with Crippen LogP contribution in [0.3, 0.4) is 0 Å². The SMILES string of the molecule is CN(C)CCCC1CCN(Cc2cc(-c3nn[nH]n3)ccc2F)CC1. The summed E-state index contributed by atoms with van der Waals surface area (Å²) in [5.41, 5.74) is 1.50. The van der Waals surface area contributed by atoms with E-state index < -0.39 is 0 Å². The van der Waals surface area contributed by atoms with Crippen LogP contribution in [-0.2, 0) is 6.54 Å². The maximum Gasteiger partial charge on any atom is 0.204 e. The zero-order valence-electron chi connectivity index (χ0n) is 15.1. The minimum absolute atomic E-state index is 0.166. The summed E-state index contributed by atoms with van der Waals surface area (Å²) in [4.78, 5) is 4.59. The lowest BCUT2D eigenvalue weighted by molar-refractivity contribution is 0.167. The molecule has 0 aliphatic carbocycles. The van der Waals surface area contributed by atoms with E-state index in [1.165, 1.54) is 31.7 Å². The second kappa shape index (κ2) is 8.49. The summed E-state index contributed by atoms with van der Waals surface area (Å²) in [6.07, 6.45) is 4.98. The van der Waals surface area contributed by atoms with E-state index in [9.17, 15) is 4.39 Å². The molecular weight excluding hydrogens is 319 g/mol. The van der Waals surface area contributed by atoms with E-state index in [1.807, 2.05) is 6.07 Å². The van der Waals surface area contributed by atoms with Crippen molar-refractivity contribution in [1.29, 1.82) is 0 Å². The second-order valence-corrected chi connectivity index (χ2v) is 7.21. The highest BCUT2D eigenvalue weighted by molar-refractivity contribution is 5.55. The predicted octanol–water partition coefficient (Wildman–Crippen LogP) is 2.56. The van der Waals surface area contributed by atoms with Crippen LogP contribution in [0.1, 0.15) is 31.2 Å². The number of rotatable bonds is 7. The van der Waals surface area contributed by atoms with Crippen LogP contribution < -0.4 is 0 Å². The van der Waals surface area contributed by atoms with Gasteiger partial charge in [0.15, 0.2) is 0 Å². The highest BCUT2D eigenvalue weighted by atomic mass is 19.1. The third-order valence-electron chi connectivity index (χ3n) is 4.97. The van der Waals surface area contributed by atoms with Crippen LogP contribution in [0, 0.1) is 11.7 Å². The summed E-state index contributed by atoms with van der Waals surface area (Å²) in [5, 5.41) is 13.9. The van der Waals surface area contributed by atoms with Crippen molar-refractivity contribution in [3.63, 3.8) is 0 Å². The number of benzene rings is 1. The number of nitrogens with zero attached hydrogens (tertiary/aromatic N) is 5. The summed E-state index contributed by atoms with van der Waals surface area (Å²) in [7, 11) is 4.25. The van der Waals surface area contributed by atoms with E-state index in [1.54, 1.807) is 6.07 Å². The first-order valence-corrected chi connectivity index (χ1v) is 9.01. The second-order valence-electron chi connectivity index (χ2n) is 7.21. The Kier molecular flexibility index (Phi) is 6.09. The maximum absolute atomic E-state index is 14.2. The third-order valence-corrected chi connectivity index (χ3v) is 4.97. The lowest BCUT2D eigenvalue weighted by atomic mass is 9.92. The van der Waals surface area contributed by atoms with Gasteiger partial charge in [-0.25, -0.2) is 4.39 Å². The number of likely N-dealkylation sites (tertiary alicyclic amines) is 1. The van der Waals surface area contributed by atoms with Crippen molar-refractivity contribution < 1.29 is 4.39 Å². The summed E-state index contributed by atoms with van der Waals surface area (Å²) in [6, 6.07) is 5.03. The number of halogens is 1. The molecule has 0 bridgehead atoms. The summed E-state index contributed by atoms with van der Waals surface area (Å²) >= 11 is 0. The Hall–Kier alpha value is -1.86. The number of H-pyrrole nitrogens is 1. The Morgan fingerprint density at radius 3 is 2.76 bits per heavy atom. The van der Waals surface area contributed by atoms with Gasteiger partial charge in [0.1, 0.15) is 5.82 Å². The molecule has 0 saturated carbocycles. The molecule has 6 nitrogen and oxygen atoms in total. The first-order valence-electron chi connectivity index (χ1n) is 9.01. The molecule has 0 spiro atoms. The van der Waals surface area contributed by atoms with Gasteiger partial charge in [-0.3, -0.25) is 4.90 Å². The van der Waals surface area contributed by atoms with E-state index in [0.29, 0.717) is 17.9 Å². The molecule has 2 aromatic rings. The standard InChI is InChI=1S/C18H27FN6/c1-24(2)9-3-4-14-7-10-25(11-8-14)13-16-12-15(5-6-17(16)19)18-20-22-23-21-18/h5-6,12,14H,3-4,7-11,13H2,1-2H3,(H,20,21,22,23). The lowest BCUT2D eigenvalue weighted by Crippen LogP contribution is -2.33. The molecule has 1 aromatic carbocycles. The Bertz CT molecular complexity index is 650. The highest BCUT2D eigenvalue weighted by Crippen LogP contribution is 2.25. The molecule has 1 aliphatic rings. The average Bonchev–Trinajstić information content (AvgIpc) is 3.13. The topological polar surface area (TPSA) is 60.9 Å². The van der Waals surface area contributed by atoms with Gasteiger partial charge in [-0.2, -0.15) is 5.21 Å². The molecule has 1 aliphatic heterocycles. The van der Waals surface area contributed by atoms with Crippen molar-refractivity contribution in [3.8, 4) is 11.4 Å². The van der Waals surface area contributed by atoms with E-state index in [-0.39, 0.29) is 5.82 Å². The van der Waals surface area contributed by atoms with Crippen LogP contribution in [0.5, 0.6) is 0 Å². The van der Waals surface area contributed by atoms with Gasteiger partial charge >= 0.3 is 0 Å². The van der Waals surface area contributed by atoms with Crippen LogP contribution in [0.4, 0.5) is 4.39 Å². The number of piperidine rings is 1. The number of aromatic amines is 1. The van der Waals surface area contributed by atoms with Crippen LogP contribution in [0.25, 0.3) is 11.4 Å². The summed E-state index contributed by atoms with van der Waals surface area (Å²) in [5.74, 6) is 1.15. The van der Waals surface area contributed by atoms with E-state index in [4.69, 9.17) is 0 Å². The normalized spacial score (nSPS) is 16.6. The summed E-state index contributed by atoms with van der Waals surface area (Å²) < 4.78 is 14.2. The molecule has 25 heavy (non-hydrogen) atoms. The molecular formula is C18H27FN6. The van der Waals surface area contributed by atoms with Crippen molar-refractivity contribution >= 4 is 0 Å². The van der Waals surface area contributed by atoms with Crippen LogP contribution in [0.15, 0.2) is 18.2 Å². The number of nitrogens with one attached hydrogen (secondary N) is 1. The molecule has 0 amide bonds. The van der Waals surface area contributed by atoms with E-state index >= 15 is 0 Å². The monoisotopic (exact) mass is 346 g/mol. The molecule has 0 unspecified atom stereocenters. The van der Waals surface area contributed by atoms with Gasteiger partial charge in [0.25, 0.3) is 0 Å². The van der Waals surface area contributed by atoms with Crippen molar-refractivity contribution in [2.45, 2.75) is 32.2 Å². The molecule has 1 saturated heterocycles. The fourth-order valence-electron chi connectivity index (χ4n) is 3.49. The zero-order valence-corrected chi connectivity index (χ0v) is 15.1. The van der Waals surface area contributed by atoms with Gasteiger partial charge in [-0.1, -0.05) is 0 Å². The van der Waals surface area contributed by atoms with Crippen LogP contribution in [-0.4, -0.2) is 64.2 Å². The van der Waals surface area contributed by atoms with Gasteiger partial charge in [0, 0.05) is 17.7 Å². The van der Waals surface area contributed by atoms with E-state index in [2.05, 4.69) is 44.5 Å². The van der Waals surface area contributed by atoms with Gasteiger partial charge in [0.05, 0.1) is 0 Å². The molecule has 1 fully saturated rings. The predicted molar refractivity (Wildman–Crippen MR) is 95.4 cm³/mol. The van der Waals surface area contributed by atoms with Crippen LogP contribution >= 0.6 is 0 Å². The minimum atomic E-state index is -0.166. The van der Waals surface area contributed by atoms with Crippen LogP contribution in [0.2, 0.25) is 0 Å². The van der Waals surface area contributed by atoms with Gasteiger partial charge in [0.2, 0.25) is 5.82 Å². The van der Waals surface area contributed by atoms with Gasteiger partial charge < -0.3 is 4.90 Å². The fourth-order valence-corrected chi connectivity index (χ4v) is 3.49.